The van der Waals surface area contributed by atoms with Gasteiger partial charge in [0, 0.05) is 5.69 Å². The van der Waals surface area contributed by atoms with Crippen molar-refractivity contribution in [2.24, 2.45) is 0 Å². The maximum absolute atomic E-state index is 5.66. The molecule has 0 aliphatic carbocycles. The first-order valence-corrected chi connectivity index (χ1v) is 9.69. The fraction of sp³-hybridized carbons (Fsp3) is 0.0667. The van der Waals surface area contributed by atoms with Crippen LogP contribution in [0, 0.1) is 0 Å². The molecule has 4 rings (SSSR count). The van der Waals surface area contributed by atoms with E-state index in [1.165, 1.54) is 23.1 Å². The van der Waals surface area contributed by atoms with Gasteiger partial charge in [-0.1, -0.05) is 47.4 Å². The first-order valence-electron chi connectivity index (χ1n) is 7.01. The third-order valence-corrected chi connectivity index (χ3v) is 5.76. The van der Waals surface area contributed by atoms with E-state index in [9.17, 15) is 0 Å². The number of nitrogens with one attached hydrogen (secondary N) is 1. The van der Waals surface area contributed by atoms with Crippen LogP contribution >= 0.6 is 34.4 Å². The van der Waals surface area contributed by atoms with Crippen LogP contribution in [0.25, 0.3) is 10.8 Å². The van der Waals surface area contributed by atoms with Gasteiger partial charge < -0.3 is 9.73 Å². The smallest absolute Gasteiger partial charge is 0.257 e. The maximum Gasteiger partial charge on any atom is 0.257 e. The highest BCUT2D eigenvalue weighted by Crippen LogP contribution is 2.30. The summed E-state index contributed by atoms with van der Waals surface area (Å²) in [6.45, 7) is 0. The second kappa shape index (κ2) is 7.12. The van der Waals surface area contributed by atoms with Gasteiger partial charge in [-0.2, -0.15) is 0 Å². The van der Waals surface area contributed by atoms with Crippen LogP contribution in [0.4, 0.5) is 10.8 Å². The number of benzene rings is 1. The molecule has 9 heteroatoms. The van der Waals surface area contributed by atoms with Gasteiger partial charge in [0.25, 0.3) is 5.89 Å². The van der Waals surface area contributed by atoms with Gasteiger partial charge in [0.2, 0.25) is 11.0 Å². The van der Waals surface area contributed by atoms with Crippen molar-refractivity contribution in [3.8, 4) is 10.8 Å². The van der Waals surface area contributed by atoms with Crippen molar-refractivity contribution in [3.63, 3.8) is 0 Å². The van der Waals surface area contributed by atoms with Crippen molar-refractivity contribution in [1.82, 2.24) is 20.4 Å². The Morgan fingerprint density at radius 3 is 2.75 bits per heavy atom. The van der Waals surface area contributed by atoms with Crippen LogP contribution in [0.5, 0.6) is 0 Å². The average molecular weight is 373 g/mol. The van der Waals surface area contributed by atoms with E-state index in [2.05, 4.69) is 25.7 Å². The van der Waals surface area contributed by atoms with Crippen molar-refractivity contribution in [2.75, 3.05) is 5.32 Å². The first kappa shape index (κ1) is 15.3. The Bertz CT molecular complexity index is 904. The number of para-hydroxylation sites is 1. The largest absolute Gasteiger partial charge is 0.419 e. The Morgan fingerprint density at radius 1 is 1.00 bits per heavy atom. The minimum absolute atomic E-state index is 0.560. The van der Waals surface area contributed by atoms with Crippen LogP contribution in [0.1, 0.15) is 5.89 Å². The summed E-state index contributed by atoms with van der Waals surface area (Å²) >= 11 is 4.60. The van der Waals surface area contributed by atoms with Crippen LogP contribution in [-0.4, -0.2) is 20.4 Å². The molecule has 0 aliphatic rings. The van der Waals surface area contributed by atoms with Crippen molar-refractivity contribution in [1.29, 1.82) is 0 Å². The molecule has 0 radical (unpaired) electrons. The Hall–Kier alpha value is -2.23. The normalized spacial score (nSPS) is 10.8. The second-order valence-corrected chi connectivity index (χ2v) is 7.78. The van der Waals surface area contributed by atoms with E-state index in [1.807, 2.05) is 47.8 Å². The summed E-state index contributed by atoms with van der Waals surface area (Å²) in [5, 5.41) is 22.4. The van der Waals surface area contributed by atoms with E-state index in [4.69, 9.17) is 4.42 Å². The average Bonchev–Trinajstić information content (AvgIpc) is 3.35. The fourth-order valence-corrected chi connectivity index (χ4v) is 4.15. The predicted molar refractivity (Wildman–Crippen MR) is 96.8 cm³/mol. The van der Waals surface area contributed by atoms with E-state index in [0.717, 1.165) is 20.0 Å². The minimum atomic E-state index is 0.560. The molecule has 120 valence electrons. The van der Waals surface area contributed by atoms with Crippen LogP contribution < -0.4 is 5.32 Å². The summed E-state index contributed by atoms with van der Waals surface area (Å²) in [4.78, 5) is 0.976. The summed E-state index contributed by atoms with van der Waals surface area (Å²) in [6.07, 6.45) is 0. The molecule has 0 unspecified atom stereocenters. The summed E-state index contributed by atoms with van der Waals surface area (Å²) < 4.78 is 6.51. The first-order chi connectivity index (χ1) is 11.9. The number of rotatable bonds is 6. The molecule has 1 N–H and O–H groups in total. The Morgan fingerprint density at radius 2 is 1.92 bits per heavy atom. The van der Waals surface area contributed by atoms with Gasteiger partial charge in [0.15, 0.2) is 4.34 Å². The number of hydrogen-bond donors (Lipinski definition) is 1. The number of aromatic nitrogens is 4. The van der Waals surface area contributed by atoms with Crippen molar-refractivity contribution in [2.45, 2.75) is 10.1 Å². The summed E-state index contributed by atoms with van der Waals surface area (Å²) in [7, 11) is 0. The van der Waals surface area contributed by atoms with E-state index < -0.39 is 0 Å². The van der Waals surface area contributed by atoms with Crippen molar-refractivity contribution >= 4 is 45.3 Å². The lowest BCUT2D eigenvalue weighted by atomic mass is 10.3. The topological polar surface area (TPSA) is 76.7 Å². The van der Waals surface area contributed by atoms with Gasteiger partial charge in [0.05, 0.1) is 10.6 Å². The number of hydrogen-bond acceptors (Lipinski definition) is 9. The monoisotopic (exact) mass is 373 g/mol. The Balaban J connectivity index is 1.36. The highest BCUT2D eigenvalue weighted by atomic mass is 32.2. The van der Waals surface area contributed by atoms with Crippen LogP contribution in [0.15, 0.2) is 56.6 Å². The lowest BCUT2D eigenvalue weighted by molar-refractivity contribution is 0.529. The molecule has 6 nitrogen and oxygen atoms in total. The molecule has 0 spiro atoms. The summed E-state index contributed by atoms with van der Waals surface area (Å²) in [6, 6.07) is 13.8. The molecule has 4 aromatic rings. The third kappa shape index (κ3) is 3.64. The quantitative estimate of drug-likeness (QED) is 0.491. The molecule has 3 heterocycles. The number of nitrogens with zero attached hydrogens (tertiary/aromatic N) is 4. The molecule has 0 fully saturated rings. The molecule has 0 amide bonds. The molecule has 0 atom stereocenters. The lowest BCUT2D eigenvalue weighted by Gasteiger charge is -1.99. The molecule has 0 aliphatic heterocycles. The third-order valence-electron chi connectivity index (χ3n) is 2.95. The zero-order valence-electron chi connectivity index (χ0n) is 12.2. The number of thioether (sulfide) groups is 1. The van der Waals surface area contributed by atoms with Crippen LogP contribution in [-0.2, 0) is 5.75 Å². The van der Waals surface area contributed by atoms with Crippen LogP contribution in [0.2, 0.25) is 0 Å². The van der Waals surface area contributed by atoms with Crippen molar-refractivity contribution < 1.29 is 4.42 Å². The molecule has 0 bridgehead atoms. The molecule has 24 heavy (non-hydrogen) atoms. The van der Waals surface area contributed by atoms with Crippen LogP contribution in [0.3, 0.4) is 0 Å². The van der Waals surface area contributed by atoms with E-state index >= 15 is 0 Å². The molecular weight excluding hydrogens is 362 g/mol. The van der Waals surface area contributed by atoms with E-state index in [-0.39, 0.29) is 0 Å². The van der Waals surface area contributed by atoms with Gasteiger partial charge >= 0.3 is 0 Å². The van der Waals surface area contributed by atoms with Gasteiger partial charge in [-0.3, -0.25) is 0 Å². The SMILES string of the molecule is c1ccc(Nc2nnc(SCc3nnc(-c4cccs4)o3)s2)cc1. The highest BCUT2D eigenvalue weighted by molar-refractivity contribution is 8.00. The Kier molecular flexibility index (Phi) is 4.54. The molecule has 1 aromatic carbocycles. The standard InChI is InChI=1S/C15H11N5OS3/c1-2-5-10(6-3-1)16-14-19-20-15(24-14)23-9-12-17-18-13(21-12)11-7-4-8-22-11/h1-8H,9H2,(H,16,19). The van der Waals surface area contributed by atoms with Gasteiger partial charge in [-0.25, -0.2) is 0 Å². The minimum Gasteiger partial charge on any atom is -0.419 e. The fourth-order valence-electron chi connectivity index (χ4n) is 1.90. The van der Waals surface area contributed by atoms with Gasteiger partial charge in [0.1, 0.15) is 0 Å². The molecule has 0 saturated carbocycles. The van der Waals surface area contributed by atoms with E-state index in [0.29, 0.717) is 17.5 Å². The molecule has 3 aromatic heterocycles. The maximum atomic E-state index is 5.66. The zero-order valence-corrected chi connectivity index (χ0v) is 14.7. The molecule has 0 saturated heterocycles. The molecular formula is C15H11N5OS3. The summed E-state index contributed by atoms with van der Waals surface area (Å²) in [5.74, 6) is 1.71. The van der Waals surface area contributed by atoms with Gasteiger partial charge in [-0.15, -0.1) is 31.7 Å². The lowest BCUT2D eigenvalue weighted by Crippen LogP contribution is -1.87. The summed E-state index contributed by atoms with van der Waals surface area (Å²) in [5.41, 5.74) is 0.989. The predicted octanol–water partition coefficient (Wildman–Crippen LogP) is 4.69. The second-order valence-electron chi connectivity index (χ2n) is 4.63. The highest BCUT2D eigenvalue weighted by Gasteiger charge is 2.11. The van der Waals surface area contributed by atoms with Gasteiger partial charge in [-0.05, 0) is 23.6 Å². The van der Waals surface area contributed by atoms with E-state index in [1.54, 1.807) is 11.3 Å². The zero-order chi connectivity index (χ0) is 16.2. The number of anilines is 2. The Labute approximate surface area is 150 Å². The van der Waals surface area contributed by atoms with Crippen molar-refractivity contribution in [3.05, 3.63) is 53.7 Å². The number of thiophene rings is 1.